The smallest absolute Gasteiger partial charge is 0.245 e. The molecule has 0 unspecified atom stereocenters. The highest BCUT2D eigenvalue weighted by Crippen LogP contribution is 2.24. The lowest BCUT2D eigenvalue weighted by atomic mass is 9.93. The summed E-state index contributed by atoms with van der Waals surface area (Å²) in [6.07, 6.45) is 7.52. The number of nitrogens with zero attached hydrogens (tertiary/aromatic N) is 1. The zero-order valence-corrected chi connectivity index (χ0v) is 16.7. The summed E-state index contributed by atoms with van der Waals surface area (Å²) in [5.41, 5.74) is 0.150. The van der Waals surface area contributed by atoms with E-state index in [1.807, 2.05) is 44.2 Å². The Hall–Kier alpha value is -1.88. The maximum absolute atomic E-state index is 13.3. The van der Waals surface area contributed by atoms with E-state index in [4.69, 9.17) is 0 Å². The Morgan fingerprint density at radius 1 is 1.07 bits per heavy atom. The van der Waals surface area contributed by atoms with E-state index in [1.165, 1.54) is 19.3 Å². The molecule has 0 bridgehead atoms. The van der Waals surface area contributed by atoms with Gasteiger partial charge < -0.3 is 15.5 Å². The fraction of sp³-hybridized carbons (Fsp3) is 0.636. The van der Waals surface area contributed by atoms with E-state index in [9.17, 15) is 9.59 Å². The number of carbonyl (C=O) groups excluding carboxylic acids is 2. The Morgan fingerprint density at radius 3 is 2.41 bits per heavy atom. The fourth-order valence-electron chi connectivity index (χ4n) is 4.13. The van der Waals surface area contributed by atoms with E-state index >= 15 is 0 Å². The number of carbonyl (C=O) groups is 2. The lowest BCUT2D eigenvalue weighted by Gasteiger charge is -2.40. The second-order valence-corrected chi connectivity index (χ2v) is 8.43. The largest absolute Gasteiger partial charge is 0.351 e. The third-order valence-corrected chi connectivity index (χ3v) is 5.98. The van der Waals surface area contributed by atoms with Crippen molar-refractivity contribution in [2.24, 2.45) is 0 Å². The van der Waals surface area contributed by atoms with E-state index in [0.29, 0.717) is 6.54 Å². The molecule has 1 saturated carbocycles. The van der Waals surface area contributed by atoms with Gasteiger partial charge in [-0.05, 0) is 51.6 Å². The molecule has 27 heavy (non-hydrogen) atoms. The van der Waals surface area contributed by atoms with Crippen molar-refractivity contribution in [2.45, 2.75) is 83.0 Å². The standard InChI is InChI=1S/C22H33N3O2/c1-22(2,21(27)24-18-12-7-4-8-13-18)25(16-17-10-5-3-6-11-17)20(26)19-14-9-15-23-19/h3,5-6,10-11,18-19,23H,4,7-9,12-16H2,1-2H3,(H,24,27)/t19-/m0/s1. The van der Waals surface area contributed by atoms with Gasteiger partial charge in [0, 0.05) is 12.6 Å². The summed E-state index contributed by atoms with van der Waals surface area (Å²) in [6, 6.07) is 9.99. The van der Waals surface area contributed by atoms with Crippen LogP contribution in [0.3, 0.4) is 0 Å². The zero-order valence-electron chi connectivity index (χ0n) is 16.7. The summed E-state index contributed by atoms with van der Waals surface area (Å²) in [6.45, 7) is 5.06. The first-order valence-corrected chi connectivity index (χ1v) is 10.4. The number of hydrogen-bond donors (Lipinski definition) is 2. The summed E-state index contributed by atoms with van der Waals surface area (Å²) >= 11 is 0. The van der Waals surface area contributed by atoms with Crippen molar-refractivity contribution < 1.29 is 9.59 Å². The van der Waals surface area contributed by atoms with Crippen molar-refractivity contribution in [3.63, 3.8) is 0 Å². The average Bonchev–Trinajstić information content (AvgIpc) is 3.22. The lowest BCUT2D eigenvalue weighted by Crippen LogP contribution is -2.61. The van der Waals surface area contributed by atoms with Crippen molar-refractivity contribution in [2.75, 3.05) is 6.54 Å². The van der Waals surface area contributed by atoms with Crippen LogP contribution in [0.5, 0.6) is 0 Å². The molecule has 1 aliphatic heterocycles. The number of rotatable bonds is 6. The molecule has 2 N–H and O–H groups in total. The highest BCUT2D eigenvalue weighted by Gasteiger charge is 2.41. The Bertz CT molecular complexity index is 632. The van der Waals surface area contributed by atoms with Crippen molar-refractivity contribution in [1.29, 1.82) is 0 Å². The van der Waals surface area contributed by atoms with Crippen LogP contribution in [0, 0.1) is 0 Å². The van der Waals surface area contributed by atoms with Crippen LogP contribution < -0.4 is 10.6 Å². The summed E-state index contributed by atoms with van der Waals surface area (Å²) in [5, 5.41) is 6.51. The van der Waals surface area contributed by atoms with Crippen LogP contribution in [0.2, 0.25) is 0 Å². The second kappa shape index (κ2) is 8.87. The molecule has 0 spiro atoms. The van der Waals surface area contributed by atoms with Gasteiger partial charge >= 0.3 is 0 Å². The van der Waals surface area contributed by atoms with E-state index in [0.717, 1.165) is 37.8 Å². The molecule has 0 radical (unpaired) electrons. The third-order valence-electron chi connectivity index (χ3n) is 5.98. The molecule has 1 atom stereocenters. The number of nitrogens with one attached hydrogen (secondary N) is 2. The van der Waals surface area contributed by atoms with Crippen LogP contribution in [-0.4, -0.2) is 40.9 Å². The van der Waals surface area contributed by atoms with Crippen molar-refractivity contribution in [1.82, 2.24) is 15.5 Å². The maximum Gasteiger partial charge on any atom is 0.245 e. The Labute approximate surface area is 162 Å². The normalized spacial score (nSPS) is 21.0. The topological polar surface area (TPSA) is 61.4 Å². The molecule has 1 aromatic rings. The molecule has 1 aromatic carbocycles. The van der Waals surface area contributed by atoms with Crippen LogP contribution in [0.15, 0.2) is 30.3 Å². The van der Waals surface area contributed by atoms with E-state index < -0.39 is 5.54 Å². The van der Waals surface area contributed by atoms with Gasteiger partial charge in [-0.25, -0.2) is 0 Å². The fourth-order valence-corrected chi connectivity index (χ4v) is 4.13. The highest BCUT2D eigenvalue weighted by atomic mass is 16.2. The number of hydrogen-bond acceptors (Lipinski definition) is 3. The van der Waals surface area contributed by atoms with Crippen molar-refractivity contribution in [3.8, 4) is 0 Å². The first-order valence-electron chi connectivity index (χ1n) is 10.4. The van der Waals surface area contributed by atoms with Crippen molar-refractivity contribution in [3.05, 3.63) is 35.9 Å². The Morgan fingerprint density at radius 2 is 1.78 bits per heavy atom. The minimum absolute atomic E-state index is 0.0279. The van der Waals surface area contributed by atoms with Gasteiger partial charge in [0.25, 0.3) is 0 Å². The van der Waals surface area contributed by atoms with Crippen LogP contribution >= 0.6 is 0 Å². The minimum atomic E-state index is -0.894. The molecule has 2 aliphatic rings. The van der Waals surface area contributed by atoms with Gasteiger partial charge in [0.15, 0.2) is 0 Å². The predicted molar refractivity (Wildman–Crippen MR) is 107 cm³/mol. The molecular weight excluding hydrogens is 338 g/mol. The monoisotopic (exact) mass is 371 g/mol. The molecular formula is C22H33N3O2. The Balaban J connectivity index is 1.78. The maximum atomic E-state index is 13.3. The van der Waals surface area contributed by atoms with Crippen LogP contribution in [0.1, 0.15) is 64.4 Å². The average molecular weight is 372 g/mol. The molecule has 5 nitrogen and oxygen atoms in total. The van der Waals surface area contributed by atoms with Gasteiger partial charge in [-0.2, -0.15) is 0 Å². The quantitative estimate of drug-likeness (QED) is 0.808. The zero-order chi connectivity index (χ0) is 19.3. The van der Waals surface area contributed by atoms with E-state index in [1.54, 1.807) is 4.90 Å². The minimum Gasteiger partial charge on any atom is -0.351 e. The third kappa shape index (κ3) is 4.89. The molecule has 2 amide bonds. The molecule has 3 rings (SSSR count). The number of benzene rings is 1. The molecule has 1 saturated heterocycles. The predicted octanol–water partition coefficient (Wildman–Crippen LogP) is 2.99. The molecule has 148 valence electrons. The molecule has 1 aliphatic carbocycles. The summed E-state index contributed by atoms with van der Waals surface area (Å²) in [4.78, 5) is 28.2. The summed E-state index contributed by atoms with van der Waals surface area (Å²) in [7, 11) is 0. The second-order valence-electron chi connectivity index (χ2n) is 8.43. The van der Waals surface area contributed by atoms with Gasteiger partial charge in [-0.15, -0.1) is 0 Å². The molecule has 5 heteroatoms. The highest BCUT2D eigenvalue weighted by molar-refractivity contribution is 5.92. The number of amides is 2. The van der Waals surface area contributed by atoms with Gasteiger partial charge in [-0.3, -0.25) is 9.59 Å². The lowest BCUT2D eigenvalue weighted by molar-refractivity contribution is -0.148. The summed E-state index contributed by atoms with van der Waals surface area (Å²) in [5.74, 6) is -0.0168. The van der Waals surface area contributed by atoms with Crippen LogP contribution in [0.25, 0.3) is 0 Å². The molecule has 0 aromatic heterocycles. The Kier molecular flexibility index (Phi) is 6.53. The van der Waals surface area contributed by atoms with Crippen LogP contribution in [0.4, 0.5) is 0 Å². The summed E-state index contributed by atoms with van der Waals surface area (Å²) < 4.78 is 0. The van der Waals surface area contributed by atoms with Gasteiger partial charge in [-0.1, -0.05) is 49.6 Å². The van der Waals surface area contributed by atoms with E-state index in [-0.39, 0.29) is 23.9 Å². The molecule has 1 heterocycles. The van der Waals surface area contributed by atoms with Crippen molar-refractivity contribution >= 4 is 11.8 Å². The van der Waals surface area contributed by atoms with Gasteiger partial charge in [0.2, 0.25) is 11.8 Å². The SMILES string of the molecule is CC(C)(C(=O)NC1CCCCC1)N(Cc1ccccc1)C(=O)[C@@H]1CCCN1. The van der Waals surface area contributed by atoms with E-state index in [2.05, 4.69) is 10.6 Å². The molecule has 2 fully saturated rings. The van der Waals surface area contributed by atoms with Gasteiger partial charge in [0.05, 0.1) is 6.04 Å². The van der Waals surface area contributed by atoms with Crippen LogP contribution in [-0.2, 0) is 16.1 Å². The van der Waals surface area contributed by atoms with Gasteiger partial charge in [0.1, 0.15) is 5.54 Å². The first-order chi connectivity index (χ1) is 13.0. The first kappa shape index (κ1) is 19.9.